The first-order valence-electron chi connectivity index (χ1n) is 8.22. The first kappa shape index (κ1) is 17.0. The van der Waals surface area contributed by atoms with E-state index in [0.29, 0.717) is 6.42 Å². The van der Waals surface area contributed by atoms with Crippen molar-refractivity contribution in [2.24, 2.45) is 0 Å². The second kappa shape index (κ2) is 7.40. The van der Waals surface area contributed by atoms with Crippen LogP contribution in [-0.2, 0) is 17.8 Å². The first-order valence-corrected chi connectivity index (χ1v) is 8.22. The van der Waals surface area contributed by atoms with Crippen molar-refractivity contribution in [3.63, 3.8) is 0 Å². The molecule has 0 radical (unpaired) electrons. The van der Waals surface area contributed by atoms with E-state index in [9.17, 15) is 9.90 Å². The predicted molar refractivity (Wildman–Crippen MR) is 98.2 cm³/mol. The van der Waals surface area contributed by atoms with E-state index in [-0.39, 0.29) is 0 Å². The number of ether oxygens (including phenoxy) is 1. The van der Waals surface area contributed by atoms with E-state index in [1.54, 1.807) is 14.2 Å². The number of benzene rings is 2. The number of nitrogens with zero attached hydrogens (tertiary/aromatic N) is 1. The molecular weight excluding hydrogens is 316 g/mol. The van der Waals surface area contributed by atoms with E-state index >= 15 is 0 Å². The summed E-state index contributed by atoms with van der Waals surface area (Å²) in [7, 11) is 3.33. The Balaban J connectivity index is 1.93. The van der Waals surface area contributed by atoms with Crippen LogP contribution < -0.4 is 10.1 Å². The maximum absolute atomic E-state index is 11.3. The second-order valence-corrected chi connectivity index (χ2v) is 6.03. The first-order chi connectivity index (χ1) is 12.1. The summed E-state index contributed by atoms with van der Waals surface area (Å²) < 4.78 is 7.37. The van der Waals surface area contributed by atoms with E-state index < -0.39 is 12.0 Å². The van der Waals surface area contributed by atoms with E-state index in [1.807, 2.05) is 42.5 Å². The molecule has 0 aliphatic carbocycles. The molecule has 1 heterocycles. The molecule has 0 fully saturated rings. The van der Waals surface area contributed by atoms with Crippen molar-refractivity contribution < 1.29 is 14.6 Å². The minimum absolute atomic E-state index is 0.446. The van der Waals surface area contributed by atoms with Gasteiger partial charge < -0.3 is 19.7 Å². The van der Waals surface area contributed by atoms with E-state index in [4.69, 9.17) is 4.74 Å². The van der Waals surface area contributed by atoms with Crippen LogP contribution in [0.3, 0.4) is 0 Å². The molecule has 0 saturated heterocycles. The monoisotopic (exact) mass is 338 g/mol. The van der Waals surface area contributed by atoms with Crippen molar-refractivity contribution in [2.45, 2.75) is 19.0 Å². The molecule has 5 heteroatoms. The van der Waals surface area contributed by atoms with Crippen molar-refractivity contribution in [1.29, 1.82) is 0 Å². The summed E-state index contributed by atoms with van der Waals surface area (Å²) in [6.45, 7) is 0.724. The molecule has 2 N–H and O–H groups in total. The molecule has 0 unspecified atom stereocenters. The third-order valence-electron chi connectivity index (χ3n) is 4.45. The zero-order valence-corrected chi connectivity index (χ0v) is 14.4. The largest absolute Gasteiger partial charge is 0.497 e. The lowest BCUT2D eigenvalue weighted by molar-refractivity contribution is -0.139. The second-order valence-electron chi connectivity index (χ2n) is 6.03. The van der Waals surface area contributed by atoms with Gasteiger partial charge in [0.15, 0.2) is 0 Å². The van der Waals surface area contributed by atoms with Gasteiger partial charge in [-0.2, -0.15) is 0 Å². The van der Waals surface area contributed by atoms with Crippen LogP contribution in [0, 0.1) is 0 Å². The Morgan fingerprint density at radius 3 is 2.56 bits per heavy atom. The summed E-state index contributed by atoms with van der Waals surface area (Å²) in [6, 6.07) is 15.5. The van der Waals surface area contributed by atoms with Gasteiger partial charge >= 0.3 is 5.97 Å². The van der Waals surface area contributed by atoms with E-state index in [2.05, 4.69) is 22.1 Å². The number of aromatic nitrogens is 1. The Kier molecular flexibility index (Phi) is 5.05. The predicted octanol–water partition coefficient (Wildman–Crippen LogP) is 2.91. The molecule has 1 atom stereocenters. The molecule has 5 nitrogen and oxygen atoms in total. The van der Waals surface area contributed by atoms with Crippen LogP contribution in [0.4, 0.5) is 0 Å². The highest BCUT2D eigenvalue weighted by Gasteiger charge is 2.18. The number of para-hydroxylation sites is 1. The van der Waals surface area contributed by atoms with Gasteiger partial charge in [0.25, 0.3) is 0 Å². The topological polar surface area (TPSA) is 63.5 Å². The molecule has 3 aromatic rings. The van der Waals surface area contributed by atoms with Crippen molar-refractivity contribution in [3.8, 4) is 5.75 Å². The highest BCUT2D eigenvalue weighted by atomic mass is 16.5. The number of nitrogens with one attached hydrogen (secondary N) is 1. The van der Waals surface area contributed by atoms with Crippen LogP contribution in [0.15, 0.2) is 54.7 Å². The molecule has 1 aromatic heterocycles. The number of carboxylic acids is 1. The van der Waals surface area contributed by atoms with Crippen LogP contribution in [0.2, 0.25) is 0 Å². The van der Waals surface area contributed by atoms with Crippen molar-refractivity contribution in [3.05, 3.63) is 65.9 Å². The normalized spacial score (nSPS) is 12.2. The van der Waals surface area contributed by atoms with Gasteiger partial charge in [-0.05, 0) is 36.4 Å². The lowest BCUT2D eigenvalue weighted by Gasteiger charge is -2.10. The quantitative estimate of drug-likeness (QED) is 0.695. The van der Waals surface area contributed by atoms with E-state index in [0.717, 1.165) is 34.3 Å². The number of carbonyl (C=O) groups is 1. The number of likely N-dealkylation sites (N-methyl/N-ethyl adjacent to an activating group) is 1. The molecule has 0 bridgehead atoms. The van der Waals surface area contributed by atoms with Crippen molar-refractivity contribution >= 4 is 16.9 Å². The van der Waals surface area contributed by atoms with Crippen LogP contribution in [-0.4, -0.2) is 35.8 Å². The fourth-order valence-electron chi connectivity index (χ4n) is 3.08. The standard InChI is InChI=1S/C20H22N2O3/c1-21-18(20(23)24)11-15-13-22(19-6-4-3-5-17(15)19)12-14-7-9-16(25-2)10-8-14/h3-10,13,18,21H,11-12H2,1-2H3,(H,23,24)/t18-/m0/s1. The minimum Gasteiger partial charge on any atom is -0.497 e. The number of aliphatic carboxylic acids is 1. The number of hydrogen-bond donors (Lipinski definition) is 2. The maximum atomic E-state index is 11.3. The summed E-state index contributed by atoms with van der Waals surface area (Å²) >= 11 is 0. The van der Waals surface area contributed by atoms with Gasteiger partial charge in [0.1, 0.15) is 11.8 Å². The Morgan fingerprint density at radius 2 is 1.92 bits per heavy atom. The zero-order chi connectivity index (χ0) is 17.8. The van der Waals surface area contributed by atoms with Crippen LogP contribution in [0.25, 0.3) is 10.9 Å². The molecule has 2 aromatic carbocycles. The number of fused-ring (bicyclic) bond motifs is 1. The number of carboxylic acid groups (broad SMARTS) is 1. The third-order valence-corrected chi connectivity index (χ3v) is 4.45. The third kappa shape index (κ3) is 3.67. The fourth-order valence-corrected chi connectivity index (χ4v) is 3.08. The minimum atomic E-state index is -0.838. The van der Waals surface area contributed by atoms with Gasteiger partial charge in [-0.25, -0.2) is 0 Å². The van der Waals surface area contributed by atoms with Gasteiger partial charge in [-0.3, -0.25) is 4.79 Å². The molecule has 0 aliphatic rings. The summed E-state index contributed by atoms with van der Waals surface area (Å²) in [5.74, 6) is -0.00499. The summed E-state index contributed by atoms with van der Waals surface area (Å²) in [6.07, 6.45) is 2.50. The molecular formula is C20H22N2O3. The maximum Gasteiger partial charge on any atom is 0.321 e. The van der Waals surface area contributed by atoms with Gasteiger partial charge in [0, 0.05) is 30.1 Å². The highest BCUT2D eigenvalue weighted by Crippen LogP contribution is 2.24. The van der Waals surface area contributed by atoms with Gasteiger partial charge in [0.2, 0.25) is 0 Å². The average Bonchev–Trinajstić information content (AvgIpc) is 2.98. The zero-order valence-electron chi connectivity index (χ0n) is 14.4. The highest BCUT2D eigenvalue weighted by molar-refractivity contribution is 5.85. The van der Waals surface area contributed by atoms with E-state index in [1.165, 1.54) is 0 Å². The van der Waals surface area contributed by atoms with Crippen molar-refractivity contribution in [2.75, 3.05) is 14.2 Å². The van der Waals surface area contributed by atoms with Gasteiger partial charge in [-0.1, -0.05) is 30.3 Å². The Labute approximate surface area is 146 Å². The lowest BCUT2D eigenvalue weighted by Crippen LogP contribution is -2.35. The van der Waals surface area contributed by atoms with Crippen molar-refractivity contribution in [1.82, 2.24) is 9.88 Å². The average molecular weight is 338 g/mol. The molecule has 130 valence electrons. The molecule has 0 amide bonds. The fraction of sp³-hybridized carbons (Fsp3) is 0.250. The number of hydrogen-bond acceptors (Lipinski definition) is 3. The SMILES string of the molecule is CN[C@@H](Cc1cn(Cc2ccc(OC)cc2)c2ccccc12)C(=O)O. The van der Waals surface area contributed by atoms with Crippen LogP contribution >= 0.6 is 0 Å². The molecule has 25 heavy (non-hydrogen) atoms. The summed E-state index contributed by atoms with van der Waals surface area (Å²) in [5, 5.41) is 13.3. The van der Waals surface area contributed by atoms with Crippen LogP contribution in [0.1, 0.15) is 11.1 Å². The number of methoxy groups -OCH3 is 1. The molecule has 0 spiro atoms. The molecule has 3 rings (SSSR count). The van der Waals surface area contributed by atoms with Crippen LogP contribution in [0.5, 0.6) is 5.75 Å². The Morgan fingerprint density at radius 1 is 1.20 bits per heavy atom. The summed E-state index contributed by atoms with van der Waals surface area (Å²) in [5.41, 5.74) is 3.30. The Hall–Kier alpha value is -2.79. The number of rotatable bonds is 7. The Bertz CT molecular complexity index is 868. The van der Waals surface area contributed by atoms with Gasteiger partial charge in [0.05, 0.1) is 7.11 Å². The summed E-state index contributed by atoms with van der Waals surface area (Å²) in [4.78, 5) is 11.3. The lowest BCUT2D eigenvalue weighted by atomic mass is 10.1. The molecule has 0 saturated carbocycles. The van der Waals surface area contributed by atoms with Gasteiger partial charge in [-0.15, -0.1) is 0 Å². The smallest absolute Gasteiger partial charge is 0.321 e. The molecule has 0 aliphatic heterocycles.